The van der Waals surface area contributed by atoms with Gasteiger partial charge in [0.1, 0.15) is 0 Å². The van der Waals surface area contributed by atoms with E-state index in [0.717, 1.165) is 0 Å². The first-order valence-electron chi connectivity index (χ1n) is 2.92. The number of aliphatic carboxylic acids is 2. The Bertz CT molecular complexity index is 154. The van der Waals surface area contributed by atoms with Crippen LogP contribution in [0.2, 0.25) is 0 Å². The van der Waals surface area contributed by atoms with Crippen molar-refractivity contribution in [3.8, 4) is 0 Å². The molecular weight excluding hydrogens is 198 g/mol. The molecule has 0 aliphatic carbocycles. The van der Waals surface area contributed by atoms with Crippen LogP contribution in [0, 0.1) is 11.8 Å². The molecule has 0 radical (unpaired) electrons. The minimum Gasteiger partial charge on any atom is -1.00 e. The number of hydrogen-bond acceptors (Lipinski definition) is 2. The summed E-state index contributed by atoms with van der Waals surface area (Å²) in [6, 6.07) is 0. The average molecular weight is 210 g/mol. The Morgan fingerprint density at radius 1 is 1.17 bits per heavy atom. The molecule has 0 saturated heterocycles. The van der Waals surface area contributed by atoms with Crippen molar-refractivity contribution in [1.29, 1.82) is 0 Å². The molecule has 0 spiro atoms. The molecule has 0 bridgehead atoms. The van der Waals surface area contributed by atoms with E-state index in [0.29, 0.717) is 0 Å². The van der Waals surface area contributed by atoms with E-state index in [1.54, 1.807) is 13.8 Å². The first-order chi connectivity index (χ1) is 4.46. The van der Waals surface area contributed by atoms with Crippen LogP contribution in [0.5, 0.6) is 0 Å². The maximum atomic E-state index is 10.2. The van der Waals surface area contributed by atoms with Gasteiger partial charge in [0.2, 0.25) is 0 Å². The van der Waals surface area contributed by atoms with E-state index in [-0.39, 0.29) is 89.7 Å². The number of carboxylic acids is 2. The summed E-state index contributed by atoms with van der Waals surface area (Å²) in [5.41, 5.74) is 0. The topological polar surface area (TPSA) is 74.6 Å². The largest absolute Gasteiger partial charge is 1.00 e. The molecule has 4 nitrogen and oxygen atoms in total. The Hall–Kier alpha value is 1.58. The van der Waals surface area contributed by atoms with E-state index >= 15 is 0 Å². The first kappa shape index (κ1) is 19.2. The van der Waals surface area contributed by atoms with E-state index < -0.39 is 17.9 Å². The van der Waals surface area contributed by atoms with Crippen molar-refractivity contribution >= 4 is 11.9 Å². The average Bonchev–Trinajstić information content (AvgIpc) is 1.59. The quantitative estimate of drug-likeness (QED) is 0.360. The fourth-order valence-corrected chi connectivity index (χ4v) is 0.676. The van der Waals surface area contributed by atoms with Gasteiger partial charge >= 0.3 is 92.9 Å². The van der Waals surface area contributed by atoms with Crippen molar-refractivity contribution in [1.82, 2.24) is 0 Å². The fourth-order valence-electron chi connectivity index (χ4n) is 0.676. The van der Waals surface area contributed by atoms with Crippen LogP contribution < -0.4 is 80.9 Å². The normalized spacial score (nSPS) is 8.67. The van der Waals surface area contributed by atoms with Crippen molar-refractivity contribution in [3.05, 3.63) is 0 Å². The molecule has 0 rings (SSSR count). The Morgan fingerprint density at radius 2 is 1.42 bits per heavy atom. The SMILES string of the molecule is CC(C)C(C(=O)O)C(=O)O.[H-].[H-].[K+].[Na+]. The van der Waals surface area contributed by atoms with Crippen LogP contribution in [0.4, 0.5) is 0 Å². The molecule has 0 aromatic rings. The van der Waals surface area contributed by atoms with Crippen LogP contribution >= 0.6 is 0 Å². The molecule has 0 aromatic heterocycles. The molecule has 0 saturated carbocycles. The van der Waals surface area contributed by atoms with Crippen molar-refractivity contribution in [2.45, 2.75) is 13.8 Å². The predicted molar refractivity (Wildman–Crippen MR) is 35.8 cm³/mol. The fraction of sp³-hybridized carbons (Fsp3) is 0.667. The van der Waals surface area contributed by atoms with Gasteiger partial charge in [-0.25, -0.2) is 0 Å². The molecule has 0 fully saturated rings. The molecule has 0 aliphatic rings. The first-order valence-corrected chi connectivity index (χ1v) is 2.92. The van der Waals surface area contributed by atoms with Gasteiger partial charge in [0, 0.05) is 0 Å². The monoisotopic (exact) mass is 210 g/mol. The third-order valence-corrected chi connectivity index (χ3v) is 1.20. The molecule has 0 aromatic carbocycles. The summed E-state index contributed by atoms with van der Waals surface area (Å²) < 4.78 is 0. The van der Waals surface area contributed by atoms with Gasteiger partial charge in [-0.1, -0.05) is 13.8 Å². The van der Waals surface area contributed by atoms with Crippen LogP contribution in [0.15, 0.2) is 0 Å². The molecule has 12 heavy (non-hydrogen) atoms. The number of rotatable bonds is 3. The van der Waals surface area contributed by atoms with Gasteiger partial charge in [-0.15, -0.1) is 0 Å². The van der Waals surface area contributed by atoms with E-state index in [4.69, 9.17) is 10.2 Å². The summed E-state index contributed by atoms with van der Waals surface area (Å²) in [7, 11) is 0. The molecule has 0 heterocycles. The van der Waals surface area contributed by atoms with Crippen LogP contribution in [0.3, 0.4) is 0 Å². The molecule has 0 unspecified atom stereocenters. The molecule has 2 N–H and O–H groups in total. The third-order valence-electron chi connectivity index (χ3n) is 1.20. The smallest absolute Gasteiger partial charge is 1.00 e. The number of carboxylic acid groups (broad SMARTS) is 2. The number of carbonyl (C=O) groups is 2. The van der Waals surface area contributed by atoms with Gasteiger partial charge < -0.3 is 13.1 Å². The summed E-state index contributed by atoms with van der Waals surface area (Å²) in [6.45, 7) is 3.12. The minimum atomic E-state index is -1.28. The van der Waals surface area contributed by atoms with Crippen LogP contribution in [-0.4, -0.2) is 22.2 Å². The summed E-state index contributed by atoms with van der Waals surface area (Å²) >= 11 is 0. The second-order valence-electron chi connectivity index (χ2n) is 2.40. The zero-order valence-electron chi connectivity index (χ0n) is 9.87. The standard InChI is InChI=1S/C6H10O4.K.Na.2H/c1-3(2)4(5(7)8)6(9)10;;;;/h3-4H,1-2H3,(H,7,8)(H,9,10);;;;/q;2*+1;2*-1. The van der Waals surface area contributed by atoms with Gasteiger partial charge in [0.15, 0.2) is 5.92 Å². The van der Waals surface area contributed by atoms with E-state index in [9.17, 15) is 9.59 Å². The molecule has 6 heteroatoms. The Morgan fingerprint density at radius 3 is 1.42 bits per heavy atom. The van der Waals surface area contributed by atoms with Gasteiger partial charge in [-0.05, 0) is 5.92 Å². The van der Waals surface area contributed by atoms with E-state index in [1.165, 1.54) is 0 Å². The molecule has 62 valence electrons. The van der Waals surface area contributed by atoms with Crippen LogP contribution in [0.1, 0.15) is 16.7 Å². The summed E-state index contributed by atoms with van der Waals surface area (Å²) in [5, 5.41) is 16.7. The van der Waals surface area contributed by atoms with Crippen molar-refractivity contribution in [2.75, 3.05) is 0 Å². The van der Waals surface area contributed by atoms with Gasteiger partial charge in [-0.3, -0.25) is 9.59 Å². The van der Waals surface area contributed by atoms with E-state index in [1.807, 2.05) is 0 Å². The maximum Gasteiger partial charge on any atom is 1.00 e. The Balaban J connectivity index is -0.0000000675. The third kappa shape index (κ3) is 7.03. The van der Waals surface area contributed by atoms with Crippen LogP contribution in [0.25, 0.3) is 0 Å². The van der Waals surface area contributed by atoms with Gasteiger partial charge in [0.05, 0.1) is 0 Å². The summed E-state index contributed by atoms with van der Waals surface area (Å²) in [5.74, 6) is -4.19. The Kier molecular flexibility index (Phi) is 14.6. The maximum absolute atomic E-state index is 10.2. The van der Waals surface area contributed by atoms with Gasteiger partial charge in [0.25, 0.3) is 0 Å². The second-order valence-corrected chi connectivity index (χ2v) is 2.40. The number of hydrogen-bond donors (Lipinski definition) is 2. The molecule has 0 amide bonds. The second kappa shape index (κ2) is 9.14. The molecule has 0 atom stereocenters. The zero-order valence-corrected chi connectivity index (χ0v) is 13.0. The van der Waals surface area contributed by atoms with Crippen molar-refractivity contribution in [2.24, 2.45) is 11.8 Å². The molecule has 0 aliphatic heterocycles. The summed E-state index contributed by atoms with van der Waals surface area (Å²) in [6.07, 6.45) is 0. The van der Waals surface area contributed by atoms with Crippen molar-refractivity contribution in [3.63, 3.8) is 0 Å². The zero-order chi connectivity index (χ0) is 8.31. The Labute approximate surface area is 139 Å². The minimum absolute atomic E-state index is 0. The van der Waals surface area contributed by atoms with E-state index in [2.05, 4.69) is 0 Å². The van der Waals surface area contributed by atoms with Gasteiger partial charge in [-0.2, -0.15) is 0 Å². The predicted octanol–water partition coefficient (Wildman–Crippen LogP) is -5.34. The van der Waals surface area contributed by atoms with Crippen molar-refractivity contribution < 1.29 is 104 Å². The van der Waals surface area contributed by atoms with Crippen LogP contribution in [-0.2, 0) is 9.59 Å². The molecular formula is C6H12KNaO4. The summed E-state index contributed by atoms with van der Waals surface area (Å²) in [4.78, 5) is 20.4.